The minimum atomic E-state index is -1.36. The zero-order chi connectivity index (χ0) is 24.9. The number of nitro groups is 1. The minimum Gasteiger partial charge on any atom is -0.496 e. The number of hydrogen-bond donors (Lipinski definition) is 0. The molecule has 35 heavy (non-hydrogen) atoms. The summed E-state index contributed by atoms with van der Waals surface area (Å²) in [5.41, 5.74) is 4.29. The molecule has 0 saturated heterocycles. The number of nitrogens with zero attached hydrogens (tertiary/aromatic N) is 1. The van der Waals surface area contributed by atoms with Gasteiger partial charge in [0.05, 0.1) is 29.8 Å². The molecular weight excluding hydrogens is 468 g/mol. The predicted molar refractivity (Wildman–Crippen MR) is 135 cm³/mol. The van der Waals surface area contributed by atoms with Crippen molar-refractivity contribution in [2.24, 2.45) is 0 Å². The fraction of sp³-hybridized carbons (Fsp3) is 0.111. The normalized spacial score (nSPS) is 11.2. The molecule has 178 valence electrons. The van der Waals surface area contributed by atoms with Gasteiger partial charge in [-0.1, -0.05) is 42.5 Å². The first kappa shape index (κ1) is 24.2. The molecule has 0 fully saturated rings. The molecule has 0 atom stereocenters. The molecule has 8 heteroatoms. The highest BCUT2D eigenvalue weighted by Gasteiger charge is 2.21. The van der Waals surface area contributed by atoms with Crippen LogP contribution < -0.4 is 9.92 Å². The van der Waals surface area contributed by atoms with E-state index in [4.69, 9.17) is 9.16 Å². The van der Waals surface area contributed by atoms with Gasteiger partial charge in [0.1, 0.15) is 17.4 Å². The third-order valence-corrected chi connectivity index (χ3v) is 7.13. The lowest BCUT2D eigenvalue weighted by molar-refractivity contribution is -0.386. The molecule has 0 heterocycles. The number of rotatable bonds is 8. The molecule has 4 aromatic rings. The van der Waals surface area contributed by atoms with Gasteiger partial charge in [0.15, 0.2) is 9.76 Å². The van der Waals surface area contributed by atoms with Crippen molar-refractivity contribution in [2.75, 3.05) is 7.11 Å². The maximum absolute atomic E-state index is 13.6. The first-order valence-electron chi connectivity index (χ1n) is 10.9. The van der Waals surface area contributed by atoms with Crippen LogP contribution in [0.5, 0.6) is 5.75 Å². The van der Waals surface area contributed by atoms with Gasteiger partial charge in [-0.3, -0.25) is 10.1 Å². The second kappa shape index (κ2) is 10.6. The summed E-state index contributed by atoms with van der Waals surface area (Å²) < 4.78 is 38.5. The number of benzene rings is 4. The molecule has 0 aliphatic rings. The lowest BCUT2D eigenvalue weighted by Gasteiger charge is -2.16. The van der Waals surface area contributed by atoms with Gasteiger partial charge in [-0.25, -0.2) is 8.78 Å². The van der Waals surface area contributed by atoms with Crippen molar-refractivity contribution < 1.29 is 22.9 Å². The van der Waals surface area contributed by atoms with Gasteiger partial charge < -0.3 is 9.16 Å². The predicted octanol–water partition coefficient (Wildman–Crippen LogP) is 5.45. The molecule has 0 bridgehead atoms. The Balaban J connectivity index is 1.69. The molecule has 0 saturated carbocycles. The third-order valence-electron chi connectivity index (χ3n) is 5.82. The summed E-state index contributed by atoms with van der Waals surface area (Å²) in [5.74, 6) is -0.226. The van der Waals surface area contributed by atoms with E-state index >= 15 is 0 Å². The summed E-state index contributed by atoms with van der Waals surface area (Å²) in [6.45, 7) is 1.73. The van der Waals surface area contributed by atoms with Crippen molar-refractivity contribution in [3.63, 3.8) is 0 Å². The molecule has 0 aliphatic heterocycles. The van der Waals surface area contributed by atoms with E-state index in [1.54, 1.807) is 43.3 Å². The van der Waals surface area contributed by atoms with E-state index in [9.17, 15) is 18.9 Å². The summed E-state index contributed by atoms with van der Waals surface area (Å²) in [5, 5.41) is 12.6. The Kier molecular flexibility index (Phi) is 7.33. The van der Waals surface area contributed by atoms with Crippen molar-refractivity contribution in [2.45, 2.75) is 13.5 Å². The van der Waals surface area contributed by atoms with E-state index in [1.165, 1.54) is 31.4 Å². The van der Waals surface area contributed by atoms with Crippen molar-refractivity contribution >= 4 is 20.6 Å². The second-order valence-corrected chi connectivity index (χ2v) is 9.46. The summed E-state index contributed by atoms with van der Waals surface area (Å²) in [7, 11) is 0.111. The van der Waals surface area contributed by atoms with Crippen LogP contribution in [-0.2, 0) is 11.0 Å². The van der Waals surface area contributed by atoms with E-state index in [1.807, 2.05) is 18.2 Å². The summed E-state index contributed by atoms with van der Waals surface area (Å²) in [6.07, 6.45) is 0. The molecule has 5 nitrogen and oxygen atoms in total. The van der Waals surface area contributed by atoms with Gasteiger partial charge in [-0.2, -0.15) is 0 Å². The molecule has 4 aromatic carbocycles. The van der Waals surface area contributed by atoms with Crippen molar-refractivity contribution in [1.29, 1.82) is 0 Å². The molecule has 0 aromatic heterocycles. The molecule has 4 rings (SSSR count). The van der Waals surface area contributed by atoms with Crippen LogP contribution >= 0.6 is 0 Å². The minimum absolute atomic E-state index is 0.0165. The van der Waals surface area contributed by atoms with Crippen LogP contribution in [0, 0.1) is 28.7 Å². The topological polar surface area (TPSA) is 61.6 Å². The zero-order valence-electron chi connectivity index (χ0n) is 19.3. The van der Waals surface area contributed by atoms with Gasteiger partial charge in [0, 0.05) is 0 Å². The van der Waals surface area contributed by atoms with E-state index in [0.29, 0.717) is 16.9 Å². The van der Waals surface area contributed by atoms with Crippen LogP contribution in [0.25, 0.3) is 22.3 Å². The number of halogens is 2. The Bertz CT molecular complexity index is 1360. The Labute approximate surface area is 204 Å². The highest BCUT2D eigenvalue weighted by Crippen LogP contribution is 2.33. The molecule has 0 N–H and O–H groups in total. The summed E-state index contributed by atoms with van der Waals surface area (Å²) in [6, 6.07) is 21.5. The summed E-state index contributed by atoms with van der Waals surface area (Å²) in [4.78, 5) is 11.3. The van der Waals surface area contributed by atoms with Crippen LogP contribution in [-0.4, -0.2) is 21.8 Å². The average molecular weight is 492 g/mol. The first-order valence-corrected chi connectivity index (χ1v) is 12.2. The number of hydrogen-bond acceptors (Lipinski definition) is 4. The van der Waals surface area contributed by atoms with Crippen LogP contribution in [0.15, 0.2) is 78.9 Å². The maximum atomic E-state index is 13.6. The molecule has 0 aliphatic carbocycles. The average Bonchev–Trinajstić information content (AvgIpc) is 2.85. The smallest absolute Gasteiger partial charge is 0.281 e. The van der Waals surface area contributed by atoms with Crippen molar-refractivity contribution in [1.82, 2.24) is 0 Å². The SMILES string of the molecule is COc1ccc(CO[SiH2]c2cccc(-c3ccc(F)cc3)c2-c2ccc(F)cc2)c([N+](=O)[O-])c1C. The van der Waals surface area contributed by atoms with Gasteiger partial charge in [-0.15, -0.1) is 0 Å². The Morgan fingerprint density at radius 3 is 2.11 bits per heavy atom. The van der Waals surface area contributed by atoms with Gasteiger partial charge in [0.2, 0.25) is 0 Å². The van der Waals surface area contributed by atoms with E-state index < -0.39 is 14.7 Å². The quantitative estimate of drug-likeness (QED) is 0.187. The van der Waals surface area contributed by atoms with Crippen LogP contribution in [0.4, 0.5) is 14.5 Å². The highest BCUT2D eigenvalue weighted by atomic mass is 28.2. The molecule has 0 radical (unpaired) electrons. The largest absolute Gasteiger partial charge is 0.496 e. The monoisotopic (exact) mass is 491 g/mol. The fourth-order valence-electron chi connectivity index (χ4n) is 4.15. The standard InChI is InChI=1S/C27H23F2NO4Si/c1-17-24(33-2)15-10-20(27(17)30(31)32)16-34-35-25-5-3-4-23(18-6-11-21(28)12-7-18)26(25)19-8-13-22(29)14-9-19/h3-15H,16,35H2,1-2H3. The number of ether oxygens (including phenoxy) is 1. The fourth-order valence-corrected chi connectivity index (χ4v) is 5.46. The van der Waals surface area contributed by atoms with Crippen molar-refractivity contribution in [3.8, 4) is 28.0 Å². The number of nitro benzene ring substituents is 1. The molecule has 0 unspecified atom stereocenters. The van der Waals surface area contributed by atoms with E-state index in [2.05, 4.69) is 0 Å². The lowest BCUT2D eigenvalue weighted by Crippen LogP contribution is -2.21. The van der Waals surface area contributed by atoms with E-state index in [0.717, 1.165) is 27.4 Å². The van der Waals surface area contributed by atoms with Crippen LogP contribution in [0.3, 0.4) is 0 Å². The second-order valence-electron chi connectivity index (χ2n) is 8.00. The molecular formula is C27H23F2NO4Si. The first-order chi connectivity index (χ1) is 16.9. The lowest BCUT2D eigenvalue weighted by atomic mass is 9.94. The van der Waals surface area contributed by atoms with Crippen LogP contribution in [0.2, 0.25) is 0 Å². The zero-order valence-corrected chi connectivity index (χ0v) is 20.7. The highest BCUT2D eigenvalue weighted by molar-refractivity contribution is 6.50. The Morgan fingerprint density at radius 1 is 0.886 bits per heavy atom. The van der Waals surface area contributed by atoms with Gasteiger partial charge in [-0.05, 0) is 70.8 Å². The summed E-state index contributed by atoms with van der Waals surface area (Å²) >= 11 is 0. The van der Waals surface area contributed by atoms with Crippen molar-refractivity contribution in [3.05, 3.63) is 112 Å². The van der Waals surface area contributed by atoms with Crippen LogP contribution in [0.1, 0.15) is 11.1 Å². The van der Waals surface area contributed by atoms with E-state index in [-0.39, 0.29) is 23.9 Å². The van der Waals surface area contributed by atoms with Gasteiger partial charge in [0.25, 0.3) is 5.69 Å². The molecule has 0 spiro atoms. The van der Waals surface area contributed by atoms with Gasteiger partial charge >= 0.3 is 0 Å². The molecule has 0 amide bonds. The maximum Gasteiger partial charge on any atom is 0.281 e. The number of methoxy groups -OCH3 is 1. The third kappa shape index (κ3) is 5.29. The Morgan fingerprint density at radius 2 is 1.51 bits per heavy atom. The Hall–Kier alpha value is -3.88.